The lowest BCUT2D eigenvalue weighted by atomic mass is 9.86. The molecule has 1 nitrogen and oxygen atoms in total. The molecule has 0 saturated carbocycles. The molecule has 3 rings (SSSR count). The van der Waals surface area contributed by atoms with Gasteiger partial charge in [-0.3, -0.25) is 0 Å². The molecule has 1 N–H and O–H groups in total. The van der Waals surface area contributed by atoms with Gasteiger partial charge in [-0.05, 0) is 53.4 Å². The Morgan fingerprint density at radius 1 is 1.46 bits per heavy atom. The summed E-state index contributed by atoms with van der Waals surface area (Å²) < 4.78 is 1.31. The van der Waals surface area contributed by atoms with Crippen molar-refractivity contribution in [2.45, 2.75) is 24.7 Å². The third kappa shape index (κ3) is 1.14. The highest BCUT2D eigenvalue weighted by molar-refractivity contribution is 9.11. The number of thiophene rings is 1. The molecule has 0 bridgehead atoms. The van der Waals surface area contributed by atoms with E-state index in [1.165, 1.54) is 36.1 Å². The fraction of sp³-hybridized carbons (Fsp3) is 0.600. The monoisotopic (exact) mass is 257 g/mol. The second-order valence-electron chi connectivity index (χ2n) is 4.11. The zero-order valence-electron chi connectivity index (χ0n) is 7.40. The van der Waals surface area contributed by atoms with E-state index in [0.717, 1.165) is 0 Å². The molecular weight excluding hydrogens is 246 g/mol. The van der Waals surface area contributed by atoms with Crippen molar-refractivity contribution in [1.82, 2.24) is 5.32 Å². The molecule has 1 aliphatic heterocycles. The highest BCUT2D eigenvalue weighted by Crippen LogP contribution is 2.48. The maximum Gasteiger partial charge on any atom is 0.0704 e. The SMILES string of the molecule is Brc1cc2c(s1)C1(CCNC1)CC2. The molecule has 1 saturated heterocycles. The van der Waals surface area contributed by atoms with Gasteiger partial charge in [-0.1, -0.05) is 0 Å². The van der Waals surface area contributed by atoms with E-state index < -0.39 is 0 Å². The van der Waals surface area contributed by atoms with Gasteiger partial charge in [0.2, 0.25) is 0 Å². The van der Waals surface area contributed by atoms with Crippen LogP contribution in [0.2, 0.25) is 0 Å². The zero-order valence-corrected chi connectivity index (χ0v) is 9.80. The molecule has 1 unspecified atom stereocenters. The first-order valence-corrected chi connectivity index (χ1v) is 6.41. The second-order valence-corrected chi connectivity index (χ2v) is 6.54. The maximum absolute atomic E-state index is 3.59. The molecule has 3 heteroatoms. The molecule has 1 atom stereocenters. The van der Waals surface area contributed by atoms with Gasteiger partial charge in [0.25, 0.3) is 0 Å². The van der Waals surface area contributed by atoms with Crippen molar-refractivity contribution < 1.29 is 0 Å². The van der Waals surface area contributed by atoms with Gasteiger partial charge in [0.15, 0.2) is 0 Å². The largest absolute Gasteiger partial charge is 0.316 e. The molecule has 70 valence electrons. The van der Waals surface area contributed by atoms with E-state index in [9.17, 15) is 0 Å². The smallest absolute Gasteiger partial charge is 0.0704 e. The lowest BCUT2D eigenvalue weighted by Crippen LogP contribution is -2.24. The normalized spacial score (nSPS) is 31.5. The Balaban J connectivity index is 2.09. The Morgan fingerprint density at radius 3 is 3.15 bits per heavy atom. The molecule has 2 aliphatic rings. The summed E-state index contributed by atoms with van der Waals surface area (Å²) in [6.07, 6.45) is 4.00. The minimum atomic E-state index is 0.520. The molecule has 1 spiro atoms. The van der Waals surface area contributed by atoms with Crippen LogP contribution in [0, 0.1) is 0 Å². The molecule has 0 aromatic carbocycles. The molecule has 1 aliphatic carbocycles. The highest BCUT2D eigenvalue weighted by Gasteiger charge is 2.42. The average Bonchev–Trinajstić information content (AvgIpc) is 2.73. The number of hydrogen-bond acceptors (Lipinski definition) is 2. The highest BCUT2D eigenvalue weighted by atomic mass is 79.9. The fourth-order valence-electron chi connectivity index (χ4n) is 2.67. The molecule has 1 aromatic rings. The number of fused-ring (bicyclic) bond motifs is 2. The van der Waals surface area contributed by atoms with Crippen molar-refractivity contribution in [2.24, 2.45) is 0 Å². The van der Waals surface area contributed by atoms with E-state index >= 15 is 0 Å². The summed E-state index contributed by atoms with van der Waals surface area (Å²) in [7, 11) is 0. The molecule has 1 aromatic heterocycles. The Morgan fingerprint density at radius 2 is 2.38 bits per heavy atom. The van der Waals surface area contributed by atoms with Crippen molar-refractivity contribution in [3.05, 3.63) is 20.3 Å². The lowest BCUT2D eigenvalue weighted by Gasteiger charge is -2.21. The summed E-state index contributed by atoms with van der Waals surface area (Å²) in [4.78, 5) is 1.66. The minimum Gasteiger partial charge on any atom is -0.316 e. The summed E-state index contributed by atoms with van der Waals surface area (Å²) in [5.74, 6) is 0. The van der Waals surface area contributed by atoms with E-state index in [2.05, 4.69) is 27.3 Å². The summed E-state index contributed by atoms with van der Waals surface area (Å²) in [5, 5.41) is 3.50. The van der Waals surface area contributed by atoms with Gasteiger partial charge in [0.1, 0.15) is 0 Å². The van der Waals surface area contributed by atoms with Crippen molar-refractivity contribution in [2.75, 3.05) is 13.1 Å². The van der Waals surface area contributed by atoms with Crippen molar-refractivity contribution in [1.29, 1.82) is 0 Å². The van der Waals surface area contributed by atoms with Gasteiger partial charge in [-0.2, -0.15) is 0 Å². The van der Waals surface area contributed by atoms with Gasteiger partial charge >= 0.3 is 0 Å². The van der Waals surface area contributed by atoms with Crippen LogP contribution < -0.4 is 5.32 Å². The van der Waals surface area contributed by atoms with E-state index in [1.54, 1.807) is 10.4 Å². The predicted molar refractivity (Wildman–Crippen MR) is 59.5 cm³/mol. The molecule has 2 heterocycles. The van der Waals surface area contributed by atoms with Gasteiger partial charge in [0, 0.05) is 16.8 Å². The maximum atomic E-state index is 3.59. The Hall–Kier alpha value is 0.140. The van der Waals surface area contributed by atoms with Crippen molar-refractivity contribution in [3.63, 3.8) is 0 Å². The quantitative estimate of drug-likeness (QED) is 0.754. The van der Waals surface area contributed by atoms with E-state index in [-0.39, 0.29) is 0 Å². The van der Waals surface area contributed by atoms with Crippen LogP contribution in [-0.2, 0) is 11.8 Å². The topological polar surface area (TPSA) is 12.0 Å². The zero-order chi connectivity index (χ0) is 8.89. The Bertz CT molecular complexity index is 339. The first-order valence-electron chi connectivity index (χ1n) is 4.80. The molecular formula is C10H12BrNS. The van der Waals surface area contributed by atoms with Crippen LogP contribution in [0.1, 0.15) is 23.3 Å². The number of halogens is 1. The first-order chi connectivity index (χ1) is 6.30. The fourth-order valence-corrected chi connectivity index (χ4v) is 4.61. The third-order valence-corrected chi connectivity index (χ3v) is 5.30. The summed E-state index contributed by atoms with van der Waals surface area (Å²) in [6.45, 7) is 2.40. The van der Waals surface area contributed by atoms with Gasteiger partial charge in [-0.15, -0.1) is 11.3 Å². The third-order valence-electron chi connectivity index (χ3n) is 3.38. The van der Waals surface area contributed by atoms with Crippen LogP contribution in [0.3, 0.4) is 0 Å². The minimum absolute atomic E-state index is 0.520. The van der Waals surface area contributed by atoms with Crippen LogP contribution in [0.25, 0.3) is 0 Å². The summed E-state index contributed by atoms with van der Waals surface area (Å²) in [6, 6.07) is 2.31. The van der Waals surface area contributed by atoms with Crippen LogP contribution in [0.15, 0.2) is 9.85 Å². The summed E-state index contributed by atoms with van der Waals surface area (Å²) in [5.41, 5.74) is 2.12. The van der Waals surface area contributed by atoms with Gasteiger partial charge in [-0.25, -0.2) is 0 Å². The van der Waals surface area contributed by atoms with Crippen molar-refractivity contribution in [3.8, 4) is 0 Å². The van der Waals surface area contributed by atoms with Crippen LogP contribution in [-0.4, -0.2) is 13.1 Å². The standard InChI is InChI=1S/C10H12BrNS/c11-8-5-7-1-2-10(9(7)13-8)3-4-12-6-10/h5,12H,1-4,6H2. The average molecular weight is 258 g/mol. The summed E-state index contributed by atoms with van der Waals surface area (Å²) >= 11 is 5.54. The second kappa shape index (κ2) is 2.81. The van der Waals surface area contributed by atoms with Crippen LogP contribution >= 0.6 is 27.3 Å². The van der Waals surface area contributed by atoms with E-state index in [1.807, 2.05) is 11.3 Å². The molecule has 0 radical (unpaired) electrons. The van der Waals surface area contributed by atoms with Crippen LogP contribution in [0.5, 0.6) is 0 Å². The molecule has 1 fully saturated rings. The number of rotatable bonds is 0. The van der Waals surface area contributed by atoms with Gasteiger partial charge < -0.3 is 5.32 Å². The molecule has 13 heavy (non-hydrogen) atoms. The number of aryl methyl sites for hydroxylation is 1. The number of hydrogen-bond donors (Lipinski definition) is 1. The van der Waals surface area contributed by atoms with E-state index in [4.69, 9.17) is 0 Å². The van der Waals surface area contributed by atoms with E-state index in [0.29, 0.717) is 5.41 Å². The first kappa shape index (κ1) is 8.45. The molecule has 0 amide bonds. The Kier molecular flexibility index (Phi) is 1.83. The van der Waals surface area contributed by atoms with Crippen LogP contribution in [0.4, 0.5) is 0 Å². The van der Waals surface area contributed by atoms with Gasteiger partial charge in [0.05, 0.1) is 3.79 Å². The number of nitrogens with one attached hydrogen (secondary N) is 1. The van der Waals surface area contributed by atoms with Crippen molar-refractivity contribution >= 4 is 27.3 Å². The lowest BCUT2D eigenvalue weighted by molar-refractivity contribution is 0.475. The predicted octanol–water partition coefficient (Wildman–Crippen LogP) is 2.69. The Labute approximate surface area is 90.7 Å².